The molecule has 0 aromatic heterocycles. The van der Waals surface area contributed by atoms with Crippen LogP contribution in [0.5, 0.6) is 0 Å². The number of amides is 2. The third kappa shape index (κ3) is 3.63. The largest absolute Gasteiger partial charge is 0.335 e. The summed E-state index contributed by atoms with van der Waals surface area (Å²) in [6, 6.07) is 1.11. The number of carbonyl (C=O) groups excluding carboxylic acids is 1. The lowest BCUT2D eigenvalue weighted by Crippen LogP contribution is -2.51. The van der Waals surface area contributed by atoms with Gasteiger partial charge >= 0.3 is 6.03 Å². The second-order valence-corrected chi connectivity index (χ2v) is 5.89. The standard InChI is InChI=1S/C15H28N2O/c1-2-14-11-7-8-12-17(14)15(18)16-13-9-5-3-4-6-10-13/h13-14H,2-12H2,1H3,(H,16,18). The minimum Gasteiger partial charge on any atom is -0.335 e. The van der Waals surface area contributed by atoms with Gasteiger partial charge in [-0.05, 0) is 38.5 Å². The molecule has 2 fully saturated rings. The lowest BCUT2D eigenvalue weighted by Gasteiger charge is -2.36. The monoisotopic (exact) mass is 252 g/mol. The van der Waals surface area contributed by atoms with Gasteiger partial charge in [0.15, 0.2) is 0 Å². The zero-order chi connectivity index (χ0) is 12.8. The van der Waals surface area contributed by atoms with Crippen molar-refractivity contribution in [2.24, 2.45) is 0 Å². The number of rotatable bonds is 2. The fourth-order valence-corrected chi connectivity index (χ4v) is 3.37. The number of urea groups is 1. The normalized spacial score (nSPS) is 26.7. The van der Waals surface area contributed by atoms with E-state index in [1.54, 1.807) is 0 Å². The highest BCUT2D eigenvalue weighted by Gasteiger charge is 2.26. The van der Waals surface area contributed by atoms with Crippen molar-refractivity contribution in [3.05, 3.63) is 0 Å². The van der Waals surface area contributed by atoms with E-state index in [0.29, 0.717) is 12.1 Å². The maximum absolute atomic E-state index is 12.4. The Morgan fingerprint density at radius 2 is 1.72 bits per heavy atom. The molecule has 3 heteroatoms. The minimum atomic E-state index is 0.202. The van der Waals surface area contributed by atoms with Crippen molar-refractivity contribution in [3.63, 3.8) is 0 Å². The first-order chi connectivity index (χ1) is 8.81. The molecule has 2 amide bonds. The number of hydrogen-bond acceptors (Lipinski definition) is 1. The quantitative estimate of drug-likeness (QED) is 0.747. The molecule has 1 atom stereocenters. The molecule has 1 aliphatic heterocycles. The summed E-state index contributed by atoms with van der Waals surface area (Å²) in [6.07, 6.45) is 12.3. The number of piperidine rings is 1. The summed E-state index contributed by atoms with van der Waals surface area (Å²) in [4.78, 5) is 14.5. The van der Waals surface area contributed by atoms with E-state index in [-0.39, 0.29) is 6.03 Å². The summed E-state index contributed by atoms with van der Waals surface area (Å²) in [5, 5.41) is 3.28. The highest BCUT2D eigenvalue weighted by molar-refractivity contribution is 5.75. The Morgan fingerprint density at radius 1 is 1.06 bits per heavy atom. The van der Waals surface area contributed by atoms with Crippen molar-refractivity contribution in [3.8, 4) is 0 Å². The van der Waals surface area contributed by atoms with Gasteiger partial charge in [-0.2, -0.15) is 0 Å². The Hall–Kier alpha value is -0.730. The average molecular weight is 252 g/mol. The van der Waals surface area contributed by atoms with E-state index in [9.17, 15) is 4.79 Å². The smallest absolute Gasteiger partial charge is 0.317 e. The van der Waals surface area contributed by atoms with Crippen LogP contribution >= 0.6 is 0 Å². The number of nitrogens with one attached hydrogen (secondary N) is 1. The number of nitrogens with zero attached hydrogens (tertiary/aromatic N) is 1. The predicted molar refractivity (Wildman–Crippen MR) is 74.7 cm³/mol. The van der Waals surface area contributed by atoms with E-state index in [0.717, 1.165) is 13.0 Å². The molecule has 0 spiro atoms. The summed E-state index contributed by atoms with van der Waals surface area (Å²) in [5.41, 5.74) is 0. The van der Waals surface area contributed by atoms with Crippen LogP contribution in [0.15, 0.2) is 0 Å². The summed E-state index contributed by atoms with van der Waals surface area (Å²) in [5.74, 6) is 0. The fourth-order valence-electron chi connectivity index (χ4n) is 3.37. The molecule has 1 saturated carbocycles. The third-order valence-corrected chi connectivity index (χ3v) is 4.54. The lowest BCUT2D eigenvalue weighted by atomic mass is 10.0. The second-order valence-electron chi connectivity index (χ2n) is 5.89. The lowest BCUT2D eigenvalue weighted by molar-refractivity contribution is 0.145. The summed E-state index contributed by atoms with van der Waals surface area (Å²) in [6.45, 7) is 3.15. The molecule has 0 radical (unpaired) electrons. The van der Waals surface area contributed by atoms with E-state index in [1.807, 2.05) is 0 Å². The van der Waals surface area contributed by atoms with Gasteiger partial charge in [-0.1, -0.05) is 32.6 Å². The molecule has 1 saturated heterocycles. The van der Waals surface area contributed by atoms with Gasteiger partial charge in [0.25, 0.3) is 0 Å². The first-order valence-corrected chi connectivity index (χ1v) is 7.88. The van der Waals surface area contributed by atoms with E-state index in [4.69, 9.17) is 0 Å². The zero-order valence-corrected chi connectivity index (χ0v) is 11.8. The molecular weight excluding hydrogens is 224 g/mol. The Labute approximate surface area is 111 Å². The van der Waals surface area contributed by atoms with E-state index >= 15 is 0 Å². The second kappa shape index (κ2) is 7.01. The van der Waals surface area contributed by atoms with Gasteiger partial charge in [0.2, 0.25) is 0 Å². The predicted octanol–water partition coefficient (Wildman–Crippen LogP) is 3.68. The van der Waals surface area contributed by atoms with Gasteiger partial charge in [-0.15, -0.1) is 0 Å². The minimum absolute atomic E-state index is 0.202. The average Bonchev–Trinajstić information content (AvgIpc) is 2.67. The third-order valence-electron chi connectivity index (χ3n) is 4.54. The molecule has 1 N–H and O–H groups in total. The Morgan fingerprint density at radius 3 is 2.39 bits per heavy atom. The number of carbonyl (C=O) groups is 1. The van der Waals surface area contributed by atoms with Gasteiger partial charge in [-0.3, -0.25) is 0 Å². The van der Waals surface area contributed by atoms with E-state index in [2.05, 4.69) is 17.1 Å². The van der Waals surface area contributed by atoms with Crippen molar-refractivity contribution >= 4 is 6.03 Å². The highest BCUT2D eigenvalue weighted by atomic mass is 16.2. The van der Waals surface area contributed by atoms with Crippen LogP contribution in [-0.4, -0.2) is 29.6 Å². The SMILES string of the molecule is CCC1CCCCN1C(=O)NC1CCCCCC1. The van der Waals surface area contributed by atoms with Crippen LogP contribution in [0.2, 0.25) is 0 Å². The first kappa shape index (κ1) is 13.7. The molecule has 18 heavy (non-hydrogen) atoms. The fraction of sp³-hybridized carbons (Fsp3) is 0.933. The van der Waals surface area contributed by atoms with Crippen molar-refractivity contribution in [1.82, 2.24) is 10.2 Å². The van der Waals surface area contributed by atoms with Crippen LogP contribution in [0, 0.1) is 0 Å². The van der Waals surface area contributed by atoms with Gasteiger partial charge in [-0.25, -0.2) is 4.79 Å². The molecule has 104 valence electrons. The molecule has 2 rings (SSSR count). The van der Waals surface area contributed by atoms with E-state index in [1.165, 1.54) is 57.8 Å². The molecule has 1 heterocycles. The van der Waals surface area contributed by atoms with Crippen LogP contribution in [0.3, 0.4) is 0 Å². The van der Waals surface area contributed by atoms with E-state index < -0.39 is 0 Å². The first-order valence-electron chi connectivity index (χ1n) is 7.88. The van der Waals surface area contributed by atoms with Gasteiger partial charge in [0, 0.05) is 18.6 Å². The highest BCUT2D eigenvalue weighted by Crippen LogP contribution is 2.21. The van der Waals surface area contributed by atoms with Crippen molar-refractivity contribution in [2.75, 3.05) is 6.54 Å². The van der Waals surface area contributed by atoms with Gasteiger partial charge in [0.05, 0.1) is 0 Å². The van der Waals surface area contributed by atoms with Crippen LogP contribution in [0.25, 0.3) is 0 Å². The van der Waals surface area contributed by atoms with Crippen LogP contribution in [0.4, 0.5) is 4.79 Å². The molecule has 0 aromatic carbocycles. The Kier molecular flexibility index (Phi) is 5.33. The number of hydrogen-bond donors (Lipinski definition) is 1. The molecular formula is C15H28N2O. The maximum atomic E-state index is 12.4. The Balaban J connectivity index is 1.85. The van der Waals surface area contributed by atoms with Gasteiger partial charge in [0.1, 0.15) is 0 Å². The molecule has 1 unspecified atom stereocenters. The summed E-state index contributed by atoms with van der Waals surface area (Å²) >= 11 is 0. The molecule has 2 aliphatic rings. The van der Waals surface area contributed by atoms with Crippen LogP contribution in [0.1, 0.15) is 71.1 Å². The van der Waals surface area contributed by atoms with Crippen LogP contribution in [-0.2, 0) is 0 Å². The van der Waals surface area contributed by atoms with Crippen molar-refractivity contribution in [2.45, 2.75) is 83.2 Å². The maximum Gasteiger partial charge on any atom is 0.317 e. The molecule has 1 aliphatic carbocycles. The van der Waals surface area contributed by atoms with Gasteiger partial charge < -0.3 is 10.2 Å². The Bertz CT molecular complexity index is 259. The molecule has 0 bridgehead atoms. The molecule has 0 aromatic rings. The topological polar surface area (TPSA) is 32.3 Å². The summed E-state index contributed by atoms with van der Waals surface area (Å²) < 4.78 is 0. The van der Waals surface area contributed by atoms with Crippen LogP contribution < -0.4 is 5.32 Å². The zero-order valence-electron chi connectivity index (χ0n) is 11.8. The number of likely N-dealkylation sites (tertiary alicyclic amines) is 1. The summed E-state index contributed by atoms with van der Waals surface area (Å²) in [7, 11) is 0. The molecule has 3 nitrogen and oxygen atoms in total. The van der Waals surface area contributed by atoms with Crippen molar-refractivity contribution < 1.29 is 4.79 Å². The van der Waals surface area contributed by atoms with Crippen molar-refractivity contribution in [1.29, 1.82) is 0 Å².